The van der Waals surface area contributed by atoms with Gasteiger partial charge in [-0.2, -0.15) is 0 Å². The summed E-state index contributed by atoms with van der Waals surface area (Å²) in [6.07, 6.45) is 2.66. The van der Waals surface area contributed by atoms with Gasteiger partial charge in [-0.1, -0.05) is 0 Å². The second kappa shape index (κ2) is 2.50. The number of hydrogen-bond acceptors (Lipinski definition) is 4. The minimum atomic E-state index is 0.662. The zero-order chi connectivity index (χ0) is 7.97. The molecule has 0 aromatic carbocycles. The average Bonchev–Trinajstić information content (AvgIpc) is 2.70. The molecule has 64 valence electrons. The minimum absolute atomic E-state index is 0.662. The lowest BCUT2D eigenvalue weighted by atomic mass is 10.1. The molecule has 0 bridgehead atoms. The summed E-state index contributed by atoms with van der Waals surface area (Å²) >= 11 is 1.83. The van der Waals surface area contributed by atoms with Crippen LogP contribution in [0.25, 0.3) is 0 Å². The molecule has 4 heteroatoms. The Kier molecular flexibility index (Phi) is 1.45. The Morgan fingerprint density at radius 2 is 1.75 bits per heavy atom. The lowest BCUT2D eigenvalue weighted by Gasteiger charge is -2.23. The summed E-state index contributed by atoms with van der Waals surface area (Å²) in [5.41, 5.74) is 0. The van der Waals surface area contributed by atoms with E-state index < -0.39 is 0 Å². The summed E-state index contributed by atoms with van der Waals surface area (Å²) in [7, 11) is 0. The Morgan fingerprint density at radius 1 is 1.08 bits per heavy atom. The molecule has 3 nitrogen and oxygen atoms in total. The maximum absolute atomic E-state index is 4.23. The third kappa shape index (κ3) is 1.06. The third-order valence-electron chi connectivity index (χ3n) is 2.51. The van der Waals surface area contributed by atoms with Gasteiger partial charge < -0.3 is 5.32 Å². The van der Waals surface area contributed by atoms with E-state index in [2.05, 4.69) is 15.5 Å². The van der Waals surface area contributed by atoms with E-state index >= 15 is 0 Å². The van der Waals surface area contributed by atoms with Crippen LogP contribution in [0.3, 0.4) is 0 Å². The van der Waals surface area contributed by atoms with Gasteiger partial charge in [0.25, 0.3) is 0 Å². The van der Waals surface area contributed by atoms with E-state index in [1.807, 2.05) is 11.3 Å². The zero-order valence-electron chi connectivity index (χ0n) is 6.79. The molecule has 12 heavy (non-hydrogen) atoms. The quantitative estimate of drug-likeness (QED) is 0.742. The Morgan fingerprint density at radius 3 is 2.25 bits per heavy atom. The molecular formula is C8H11N3S. The SMILES string of the molecule is C1CC1c1nnc(C2CNC2)s1. The van der Waals surface area contributed by atoms with Crippen molar-refractivity contribution in [1.82, 2.24) is 15.5 Å². The van der Waals surface area contributed by atoms with E-state index in [0.29, 0.717) is 5.92 Å². The van der Waals surface area contributed by atoms with E-state index in [-0.39, 0.29) is 0 Å². The first-order valence-corrected chi connectivity index (χ1v) is 5.29. The van der Waals surface area contributed by atoms with Crippen LogP contribution in [-0.4, -0.2) is 23.3 Å². The molecule has 1 aromatic heterocycles. The van der Waals surface area contributed by atoms with Gasteiger partial charge in [0.05, 0.1) is 0 Å². The van der Waals surface area contributed by atoms with Gasteiger partial charge in [0.15, 0.2) is 0 Å². The first-order valence-electron chi connectivity index (χ1n) is 4.47. The Balaban J connectivity index is 1.81. The van der Waals surface area contributed by atoms with Crippen LogP contribution < -0.4 is 5.32 Å². The molecule has 1 aliphatic heterocycles. The van der Waals surface area contributed by atoms with E-state index in [1.165, 1.54) is 22.9 Å². The fourth-order valence-corrected chi connectivity index (χ4v) is 2.48. The smallest absolute Gasteiger partial charge is 0.123 e. The molecule has 2 aliphatic rings. The average molecular weight is 181 g/mol. The molecule has 1 aromatic rings. The number of nitrogens with zero attached hydrogens (tertiary/aromatic N) is 2. The van der Waals surface area contributed by atoms with Crippen LogP contribution in [0, 0.1) is 0 Å². The summed E-state index contributed by atoms with van der Waals surface area (Å²) in [5.74, 6) is 1.43. The normalized spacial score (nSPS) is 24.0. The van der Waals surface area contributed by atoms with Gasteiger partial charge in [0.2, 0.25) is 0 Å². The van der Waals surface area contributed by atoms with Gasteiger partial charge >= 0.3 is 0 Å². The molecule has 1 N–H and O–H groups in total. The maximum atomic E-state index is 4.23. The molecule has 3 rings (SSSR count). The van der Waals surface area contributed by atoms with Gasteiger partial charge in [-0.05, 0) is 12.8 Å². The van der Waals surface area contributed by atoms with Crippen molar-refractivity contribution in [2.75, 3.05) is 13.1 Å². The van der Waals surface area contributed by atoms with E-state index in [9.17, 15) is 0 Å². The fraction of sp³-hybridized carbons (Fsp3) is 0.750. The lowest BCUT2D eigenvalue weighted by molar-refractivity contribution is 0.444. The molecule has 0 atom stereocenters. The van der Waals surface area contributed by atoms with Crippen molar-refractivity contribution in [1.29, 1.82) is 0 Å². The van der Waals surface area contributed by atoms with Crippen molar-refractivity contribution in [3.05, 3.63) is 10.0 Å². The Labute approximate surface area is 75.2 Å². The monoisotopic (exact) mass is 181 g/mol. The molecule has 0 unspecified atom stereocenters. The topological polar surface area (TPSA) is 37.8 Å². The van der Waals surface area contributed by atoms with Crippen LogP contribution in [0.5, 0.6) is 0 Å². The maximum Gasteiger partial charge on any atom is 0.123 e. The number of nitrogens with one attached hydrogen (secondary N) is 1. The van der Waals surface area contributed by atoms with Crippen LogP contribution in [0.4, 0.5) is 0 Å². The largest absolute Gasteiger partial charge is 0.315 e. The van der Waals surface area contributed by atoms with Crippen LogP contribution in [0.2, 0.25) is 0 Å². The molecule has 2 heterocycles. The second-order valence-corrected chi connectivity index (χ2v) is 4.65. The number of aromatic nitrogens is 2. The van der Waals surface area contributed by atoms with Crippen LogP contribution in [-0.2, 0) is 0 Å². The predicted octanol–water partition coefficient (Wildman–Crippen LogP) is 1.10. The van der Waals surface area contributed by atoms with Crippen molar-refractivity contribution in [2.45, 2.75) is 24.7 Å². The van der Waals surface area contributed by atoms with E-state index in [0.717, 1.165) is 19.0 Å². The van der Waals surface area contributed by atoms with Gasteiger partial charge in [-0.25, -0.2) is 0 Å². The van der Waals surface area contributed by atoms with Crippen LogP contribution in [0.1, 0.15) is 34.7 Å². The highest BCUT2D eigenvalue weighted by Crippen LogP contribution is 2.42. The Hall–Kier alpha value is -0.480. The van der Waals surface area contributed by atoms with Crippen molar-refractivity contribution in [3.8, 4) is 0 Å². The van der Waals surface area contributed by atoms with Crippen LogP contribution in [0.15, 0.2) is 0 Å². The Bertz CT molecular complexity index is 288. The molecule has 0 radical (unpaired) electrons. The molecule has 2 fully saturated rings. The van der Waals surface area contributed by atoms with Gasteiger partial charge in [-0.15, -0.1) is 21.5 Å². The fourth-order valence-electron chi connectivity index (χ4n) is 1.37. The van der Waals surface area contributed by atoms with Crippen LogP contribution >= 0.6 is 11.3 Å². The van der Waals surface area contributed by atoms with Gasteiger partial charge in [0.1, 0.15) is 10.0 Å². The molecule has 0 amide bonds. The highest BCUT2D eigenvalue weighted by molar-refractivity contribution is 7.11. The van der Waals surface area contributed by atoms with Crippen molar-refractivity contribution in [3.63, 3.8) is 0 Å². The third-order valence-corrected chi connectivity index (χ3v) is 3.76. The first kappa shape index (κ1) is 6.97. The lowest BCUT2D eigenvalue weighted by Crippen LogP contribution is -2.39. The number of hydrogen-bond donors (Lipinski definition) is 1. The predicted molar refractivity (Wildman–Crippen MR) is 47.5 cm³/mol. The van der Waals surface area contributed by atoms with Crippen molar-refractivity contribution < 1.29 is 0 Å². The second-order valence-electron chi connectivity index (χ2n) is 3.61. The van der Waals surface area contributed by atoms with Gasteiger partial charge in [-0.3, -0.25) is 0 Å². The molecular weight excluding hydrogens is 170 g/mol. The standard InChI is InChI=1S/C8H11N3S/c1-2-5(1)7-10-11-8(12-7)6-3-9-4-6/h5-6,9H,1-4H2. The van der Waals surface area contributed by atoms with E-state index in [1.54, 1.807) is 0 Å². The summed E-state index contributed by atoms with van der Waals surface area (Å²) in [4.78, 5) is 0. The highest BCUT2D eigenvalue weighted by Gasteiger charge is 2.30. The summed E-state index contributed by atoms with van der Waals surface area (Å²) in [5, 5.41) is 14.2. The summed E-state index contributed by atoms with van der Waals surface area (Å²) in [6.45, 7) is 2.19. The molecule has 0 spiro atoms. The highest BCUT2D eigenvalue weighted by atomic mass is 32.1. The molecule has 1 saturated heterocycles. The number of rotatable bonds is 2. The van der Waals surface area contributed by atoms with E-state index in [4.69, 9.17) is 0 Å². The molecule has 1 aliphatic carbocycles. The first-order chi connectivity index (χ1) is 5.93. The van der Waals surface area contributed by atoms with Crippen molar-refractivity contribution in [2.24, 2.45) is 0 Å². The summed E-state index contributed by atoms with van der Waals surface area (Å²) in [6, 6.07) is 0. The minimum Gasteiger partial charge on any atom is -0.315 e. The zero-order valence-corrected chi connectivity index (χ0v) is 7.60. The van der Waals surface area contributed by atoms with Gasteiger partial charge in [0, 0.05) is 24.9 Å². The summed E-state index contributed by atoms with van der Waals surface area (Å²) < 4.78 is 0. The van der Waals surface area contributed by atoms with Crippen molar-refractivity contribution >= 4 is 11.3 Å². The molecule has 1 saturated carbocycles.